The van der Waals surface area contributed by atoms with Crippen LogP contribution in [0.1, 0.15) is 55.2 Å². The minimum atomic E-state index is -4.39. The average Bonchev–Trinajstić information content (AvgIpc) is 3.02. The first-order valence-corrected chi connectivity index (χ1v) is 15.7. The molecular formula is C35H43F3N4O2. The van der Waals surface area contributed by atoms with Crippen molar-refractivity contribution in [2.45, 2.75) is 57.7 Å². The normalized spacial score (nSPS) is 18.0. The Morgan fingerprint density at radius 2 is 1.82 bits per heavy atom. The van der Waals surface area contributed by atoms with E-state index >= 15 is 0 Å². The number of piperidine rings is 1. The number of carbonyl (C=O) groups is 1. The molecule has 2 aliphatic rings. The van der Waals surface area contributed by atoms with Crippen LogP contribution in [0.15, 0.2) is 73.1 Å². The molecule has 5 rings (SSSR count). The largest absolute Gasteiger partial charge is 0.492 e. The molecule has 0 bridgehead atoms. The predicted molar refractivity (Wildman–Crippen MR) is 167 cm³/mol. The fourth-order valence-corrected chi connectivity index (χ4v) is 6.58. The van der Waals surface area contributed by atoms with Gasteiger partial charge in [-0.1, -0.05) is 36.8 Å². The molecule has 0 N–H and O–H groups in total. The van der Waals surface area contributed by atoms with E-state index in [4.69, 9.17) is 4.74 Å². The zero-order valence-electron chi connectivity index (χ0n) is 25.6. The summed E-state index contributed by atoms with van der Waals surface area (Å²) >= 11 is 0. The highest BCUT2D eigenvalue weighted by Crippen LogP contribution is 2.39. The molecule has 236 valence electrons. The second kappa shape index (κ2) is 14.5. The molecule has 9 heteroatoms. The van der Waals surface area contributed by atoms with Gasteiger partial charge in [0.1, 0.15) is 12.4 Å². The molecule has 2 aliphatic heterocycles. The van der Waals surface area contributed by atoms with Crippen LogP contribution in [0.2, 0.25) is 0 Å². The van der Waals surface area contributed by atoms with Crippen LogP contribution < -0.4 is 9.64 Å². The van der Waals surface area contributed by atoms with Crippen LogP contribution in [0.3, 0.4) is 0 Å². The van der Waals surface area contributed by atoms with Crippen molar-refractivity contribution in [2.75, 3.05) is 51.3 Å². The predicted octanol–water partition coefficient (Wildman–Crippen LogP) is 6.84. The summed E-state index contributed by atoms with van der Waals surface area (Å²) in [4.78, 5) is 23.7. The highest BCUT2D eigenvalue weighted by molar-refractivity contribution is 5.77. The van der Waals surface area contributed by atoms with E-state index in [1.165, 1.54) is 17.2 Å². The van der Waals surface area contributed by atoms with E-state index in [0.29, 0.717) is 31.9 Å². The Kier molecular flexibility index (Phi) is 10.5. The van der Waals surface area contributed by atoms with E-state index in [0.717, 1.165) is 76.0 Å². The van der Waals surface area contributed by atoms with Gasteiger partial charge in [0.25, 0.3) is 0 Å². The average molecular weight is 609 g/mol. The Bertz CT molecular complexity index is 1360. The topological polar surface area (TPSA) is 48.9 Å². The van der Waals surface area contributed by atoms with Crippen LogP contribution in [0.25, 0.3) is 0 Å². The number of hydrogen-bond donors (Lipinski definition) is 0. The minimum absolute atomic E-state index is 0.0593. The molecule has 1 amide bonds. The number of fused-ring (bicyclic) bond motifs is 1. The number of hydrogen-bond acceptors (Lipinski definition) is 5. The van der Waals surface area contributed by atoms with Gasteiger partial charge in [0.15, 0.2) is 0 Å². The molecule has 0 unspecified atom stereocenters. The van der Waals surface area contributed by atoms with Gasteiger partial charge in [-0.3, -0.25) is 14.7 Å². The van der Waals surface area contributed by atoms with E-state index in [9.17, 15) is 18.0 Å². The van der Waals surface area contributed by atoms with E-state index in [2.05, 4.69) is 34.1 Å². The molecule has 1 aromatic heterocycles. The number of pyridine rings is 1. The molecule has 0 saturated carbocycles. The molecule has 0 radical (unpaired) electrons. The summed E-state index contributed by atoms with van der Waals surface area (Å²) in [5, 5.41) is 0. The van der Waals surface area contributed by atoms with E-state index in [-0.39, 0.29) is 17.7 Å². The second-order valence-corrected chi connectivity index (χ2v) is 12.3. The molecule has 2 aromatic carbocycles. The number of benzene rings is 2. The summed E-state index contributed by atoms with van der Waals surface area (Å²) < 4.78 is 45.8. The van der Waals surface area contributed by atoms with Crippen molar-refractivity contribution < 1.29 is 22.7 Å². The third-order valence-electron chi connectivity index (χ3n) is 9.18. The first-order chi connectivity index (χ1) is 21.2. The summed E-state index contributed by atoms with van der Waals surface area (Å²) in [6.45, 7) is 4.91. The Balaban J connectivity index is 1.22. The third-order valence-corrected chi connectivity index (χ3v) is 9.18. The summed E-state index contributed by atoms with van der Waals surface area (Å²) in [6.07, 6.45) is 5.78. The molecule has 0 atom stereocenters. The van der Waals surface area contributed by atoms with Crippen molar-refractivity contribution in [1.82, 2.24) is 14.8 Å². The fraction of sp³-hybridized carbons (Fsp3) is 0.486. The van der Waals surface area contributed by atoms with Crippen molar-refractivity contribution in [3.63, 3.8) is 0 Å². The minimum Gasteiger partial charge on any atom is -0.492 e. The number of likely N-dealkylation sites (tertiary alicyclic amines) is 1. The van der Waals surface area contributed by atoms with Crippen molar-refractivity contribution in [3.8, 4) is 5.75 Å². The van der Waals surface area contributed by atoms with Crippen LogP contribution in [0.5, 0.6) is 5.75 Å². The van der Waals surface area contributed by atoms with E-state index < -0.39 is 11.7 Å². The highest BCUT2D eigenvalue weighted by atomic mass is 19.4. The number of para-hydroxylation sites is 1. The summed E-state index contributed by atoms with van der Waals surface area (Å²) in [7, 11) is 1.73. The molecule has 3 aromatic rings. The fourth-order valence-electron chi connectivity index (χ4n) is 6.58. The lowest BCUT2D eigenvalue weighted by Gasteiger charge is -2.45. The maximum Gasteiger partial charge on any atom is 0.416 e. The number of amides is 1. The quantitative estimate of drug-likeness (QED) is 0.307. The lowest BCUT2D eigenvalue weighted by molar-refractivity contribution is -0.137. The number of rotatable bonds is 6. The zero-order chi connectivity index (χ0) is 31.0. The van der Waals surface area contributed by atoms with E-state index in [1.54, 1.807) is 24.2 Å². The van der Waals surface area contributed by atoms with Gasteiger partial charge in [0, 0.05) is 70.8 Å². The summed E-state index contributed by atoms with van der Waals surface area (Å²) in [5.41, 5.74) is 2.31. The molecule has 3 heterocycles. The van der Waals surface area contributed by atoms with Crippen LogP contribution >= 0.6 is 0 Å². The highest BCUT2D eigenvalue weighted by Gasteiger charge is 2.37. The summed E-state index contributed by atoms with van der Waals surface area (Å²) in [6, 6.07) is 17.7. The molecule has 1 spiro atoms. The monoisotopic (exact) mass is 608 g/mol. The van der Waals surface area contributed by atoms with Gasteiger partial charge < -0.3 is 14.5 Å². The zero-order valence-corrected chi connectivity index (χ0v) is 25.6. The van der Waals surface area contributed by atoms with Crippen LogP contribution in [0, 0.1) is 5.41 Å². The van der Waals surface area contributed by atoms with Gasteiger partial charge in [0.05, 0.1) is 5.56 Å². The number of anilines is 1. The van der Waals surface area contributed by atoms with Crippen molar-refractivity contribution in [1.29, 1.82) is 0 Å². The molecular weight excluding hydrogens is 565 g/mol. The first kappa shape index (κ1) is 31.8. The van der Waals surface area contributed by atoms with Crippen molar-refractivity contribution in [2.24, 2.45) is 5.41 Å². The maximum atomic E-state index is 13.2. The van der Waals surface area contributed by atoms with Gasteiger partial charge in [-0.2, -0.15) is 13.2 Å². The maximum absolute atomic E-state index is 13.2. The third kappa shape index (κ3) is 8.52. The van der Waals surface area contributed by atoms with Gasteiger partial charge in [-0.05, 0) is 79.0 Å². The van der Waals surface area contributed by atoms with Crippen LogP contribution in [-0.4, -0.2) is 67.1 Å². The molecule has 44 heavy (non-hydrogen) atoms. The lowest BCUT2D eigenvalue weighted by atomic mass is 9.73. The lowest BCUT2D eigenvalue weighted by Crippen LogP contribution is -2.48. The number of carbonyl (C=O) groups excluding carboxylic acids is 1. The van der Waals surface area contributed by atoms with Gasteiger partial charge in [-0.15, -0.1) is 0 Å². The first-order valence-electron chi connectivity index (χ1n) is 15.7. The van der Waals surface area contributed by atoms with Gasteiger partial charge >= 0.3 is 6.18 Å². The Morgan fingerprint density at radius 3 is 2.59 bits per heavy atom. The Morgan fingerprint density at radius 1 is 1.00 bits per heavy atom. The standard InChI is InChI=1S/C35H43F3N4O2/c1-40(31-12-6-11-30(24-31)35(36,37)38)19-14-33(43)42-20-16-34(17-21-42)15-5-4-10-29-9-2-3-13-32(29)44-23-22-41(27-34)26-28-8-7-18-39-25-28/h2-3,6-9,11-13,18,24-25H,4-5,10,14-17,19-23,26-27H2,1H3. The van der Waals surface area contributed by atoms with Crippen LogP contribution in [-0.2, 0) is 23.9 Å². The molecule has 1 fully saturated rings. The number of aryl methyl sites for hydroxylation is 1. The van der Waals surface area contributed by atoms with Crippen molar-refractivity contribution in [3.05, 3.63) is 89.7 Å². The van der Waals surface area contributed by atoms with Crippen molar-refractivity contribution >= 4 is 11.6 Å². The smallest absolute Gasteiger partial charge is 0.416 e. The Hall–Kier alpha value is -3.59. The number of alkyl halides is 3. The van der Waals surface area contributed by atoms with Gasteiger partial charge in [-0.25, -0.2) is 0 Å². The molecule has 1 saturated heterocycles. The summed E-state index contributed by atoms with van der Waals surface area (Å²) in [5.74, 6) is 1.04. The van der Waals surface area contributed by atoms with Gasteiger partial charge in [0.2, 0.25) is 5.91 Å². The van der Waals surface area contributed by atoms with E-state index in [1.807, 2.05) is 23.2 Å². The number of halogens is 3. The van der Waals surface area contributed by atoms with Crippen LogP contribution in [0.4, 0.5) is 18.9 Å². The number of aromatic nitrogens is 1. The SMILES string of the molecule is CN(CCC(=O)N1CCC2(CCCCc3ccccc3OCCN(Cc3cccnc3)C2)CC1)c1cccc(C(F)(F)F)c1. The second-order valence-electron chi connectivity index (χ2n) is 12.3. The molecule has 6 nitrogen and oxygen atoms in total. The Labute approximate surface area is 258 Å². The number of nitrogens with zero attached hydrogens (tertiary/aromatic N) is 4. The molecule has 0 aliphatic carbocycles. The number of ether oxygens (including phenoxy) is 1.